The van der Waals surface area contributed by atoms with Crippen molar-refractivity contribution in [1.29, 1.82) is 0 Å². The zero-order valence-electron chi connectivity index (χ0n) is 12.7. The van der Waals surface area contributed by atoms with E-state index in [0.29, 0.717) is 12.1 Å². The molecule has 0 radical (unpaired) electrons. The zero-order valence-corrected chi connectivity index (χ0v) is 12.7. The summed E-state index contributed by atoms with van der Waals surface area (Å²) in [7, 11) is 0. The van der Waals surface area contributed by atoms with E-state index in [-0.39, 0.29) is 17.9 Å². The Hall–Kier alpha value is -2.14. The third kappa shape index (κ3) is 2.90. The molecule has 3 rings (SSSR count). The molecule has 1 aliphatic rings. The Morgan fingerprint density at radius 2 is 2.14 bits per heavy atom. The van der Waals surface area contributed by atoms with Crippen molar-refractivity contribution in [3.05, 3.63) is 47.8 Å². The molecular weight excluding hydrogens is 278 g/mol. The topological polar surface area (TPSA) is 67.2 Å². The Morgan fingerprint density at radius 3 is 2.82 bits per heavy atom. The first-order valence-corrected chi connectivity index (χ1v) is 7.73. The summed E-state index contributed by atoms with van der Waals surface area (Å²) in [6.45, 7) is 2.41. The molecule has 0 bridgehead atoms. The molecule has 1 heterocycles. The molecule has 116 valence electrons. The second-order valence-corrected chi connectivity index (χ2v) is 5.86. The van der Waals surface area contributed by atoms with Crippen LogP contribution in [-0.2, 0) is 0 Å². The quantitative estimate of drug-likeness (QED) is 0.908. The minimum atomic E-state index is -0.284. The minimum Gasteiger partial charge on any atom is -0.393 e. The minimum absolute atomic E-state index is 0.126. The van der Waals surface area contributed by atoms with Gasteiger partial charge in [-0.2, -0.15) is 5.10 Å². The van der Waals surface area contributed by atoms with Gasteiger partial charge in [-0.15, -0.1) is 0 Å². The van der Waals surface area contributed by atoms with Gasteiger partial charge in [0.15, 0.2) is 0 Å². The molecule has 1 fully saturated rings. The fraction of sp³-hybridized carbons (Fsp3) is 0.412. The second-order valence-electron chi connectivity index (χ2n) is 5.86. The zero-order chi connectivity index (χ0) is 15.5. The molecule has 2 atom stereocenters. The summed E-state index contributed by atoms with van der Waals surface area (Å²) in [6, 6.07) is 9.74. The first-order chi connectivity index (χ1) is 10.7. The van der Waals surface area contributed by atoms with Crippen LogP contribution >= 0.6 is 0 Å². The van der Waals surface area contributed by atoms with Crippen molar-refractivity contribution in [1.82, 2.24) is 15.1 Å². The maximum Gasteiger partial charge on any atom is 0.254 e. The van der Waals surface area contributed by atoms with Crippen molar-refractivity contribution >= 4 is 5.91 Å². The predicted molar refractivity (Wildman–Crippen MR) is 84.0 cm³/mol. The van der Waals surface area contributed by atoms with Crippen LogP contribution in [0.3, 0.4) is 0 Å². The van der Waals surface area contributed by atoms with Crippen LogP contribution in [0.2, 0.25) is 0 Å². The lowest BCUT2D eigenvalue weighted by molar-refractivity contribution is 0.0916. The number of para-hydroxylation sites is 1. The number of aliphatic hydroxyl groups is 1. The highest BCUT2D eigenvalue weighted by molar-refractivity contribution is 5.95. The van der Waals surface area contributed by atoms with Crippen LogP contribution < -0.4 is 5.32 Å². The van der Waals surface area contributed by atoms with E-state index in [0.717, 1.165) is 30.6 Å². The number of hydrogen-bond acceptors (Lipinski definition) is 3. The van der Waals surface area contributed by atoms with Crippen LogP contribution in [0.5, 0.6) is 0 Å². The predicted octanol–water partition coefficient (Wildman–Crippen LogP) is 2.07. The van der Waals surface area contributed by atoms with Gasteiger partial charge in [-0.25, -0.2) is 4.68 Å². The smallest absolute Gasteiger partial charge is 0.254 e. The van der Waals surface area contributed by atoms with E-state index in [1.165, 1.54) is 0 Å². The summed E-state index contributed by atoms with van der Waals surface area (Å²) in [5, 5.41) is 17.0. The SMILES string of the molecule is Cc1c(C(=O)NCC2CCCC2O)cnn1-c1ccccc1. The third-order valence-electron chi connectivity index (χ3n) is 4.40. The van der Waals surface area contributed by atoms with E-state index in [9.17, 15) is 9.90 Å². The Morgan fingerprint density at radius 1 is 1.36 bits per heavy atom. The Balaban J connectivity index is 1.70. The van der Waals surface area contributed by atoms with E-state index in [1.807, 2.05) is 37.3 Å². The number of carbonyl (C=O) groups is 1. The van der Waals surface area contributed by atoms with Gasteiger partial charge in [0.25, 0.3) is 5.91 Å². The molecule has 5 heteroatoms. The highest BCUT2D eigenvalue weighted by atomic mass is 16.3. The summed E-state index contributed by atoms with van der Waals surface area (Å²) in [4.78, 5) is 12.3. The molecule has 1 aromatic heterocycles. The number of carbonyl (C=O) groups excluding carboxylic acids is 1. The molecule has 2 aromatic rings. The van der Waals surface area contributed by atoms with Crippen molar-refractivity contribution in [2.24, 2.45) is 5.92 Å². The van der Waals surface area contributed by atoms with Crippen LogP contribution in [-0.4, -0.2) is 33.4 Å². The monoisotopic (exact) mass is 299 g/mol. The van der Waals surface area contributed by atoms with Crippen LogP contribution in [0.15, 0.2) is 36.5 Å². The Kier molecular flexibility index (Phi) is 4.24. The van der Waals surface area contributed by atoms with Gasteiger partial charge in [-0.3, -0.25) is 4.79 Å². The number of nitrogens with zero attached hydrogens (tertiary/aromatic N) is 2. The van der Waals surface area contributed by atoms with Gasteiger partial charge in [0.05, 0.1) is 29.2 Å². The number of rotatable bonds is 4. The van der Waals surface area contributed by atoms with E-state index in [2.05, 4.69) is 10.4 Å². The highest BCUT2D eigenvalue weighted by Gasteiger charge is 2.26. The summed E-state index contributed by atoms with van der Waals surface area (Å²) in [5.74, 6) is 0.0483. The van der Waals surface area contributed by atoms with Gasteiger partial charge in [-0.1, -0.05) is 24.6 Å². The van der Waals surface area contributed by atoms with Gasteiger partial charge in [-0.05, 0) is 31.9 Å². The van der Waals surface area contributed by atoms with Gasteiger partial charge < -0.3 is 10.4 Å². The molecule has 0 aliphatic heterocycles. The Labute approximate surface area is 130 Å². The van der Waals surface area contributed by atoms with Crippen molar-refractivity contribution in [2.45, 2.75) is 32.3 Å². The fourth-order valence-corrected chi connectivity index (χ4v) is 3.04. The summed E-state index contributed by atoms with van der Waals surface area (Å²) in [6.07, 6.45) is 4.17. The molecule has 2 unspecified atom stereocenters. The fourth-order valence-electron chi connectivity index (χ4n) is 3.04. The van der Waals surface area contributed by atoms with Gasteiger partial charge in [0.1, 0.15) is 0 Å². The third-order valence-corrected chi connectivity index (χ3v) is 4.40. The molecule has 1 saturated carbocycles. The molecule has 1 aromatic carbocycles. The van der Waals surface area contributed by atoms with E-state index < -0.39 is 0 Å². The average Bonchev–Trinajstić information content (AvgIpc) is 3.12. The standard InChI is InChI=1S/C17H21N3O2/c1-12-15(11-19-20(12)14-7-3-2-4-8-14)17(22)18-10-13-6-5-9-16(13)21/h2-4,7-8,11,13,16,21H,5-6,9-10H2,1H3,(H,18,22). The first-order valence-electron chi connectivity index (χ1n) is 7.73. The average molecular weight is 299 g/mol. The lowest BCUT2D eigenvalue weighted by Gasteiger charge is -2.14. The van der Waals surface area contributed by atoms with Crippen LogP contribution in [0.1, 0.15) is 35.3 Å². The maximum atomic E-state index is 12.3. The number of nitrogens with one attached hydrogen (secondary N) is 1. The molecule has 22 heavy (non-hydrogen) atoms. The lowest BCUT2D eigenvalue weighted by atomic mass is 10.1. The van der Waals surface area contributed by atoms with Gasteiger partial charge in [0, 0.05) is 12.5 Å². The van der Waals surface area contributed by atoms with E-state index in [4.69, 9.17) is 0 Å². The van der Waals surface area contributed by atoms with Crippen LogP contribution in [0.25, 0.3) is 5.69 Å². The largest absolute Gasteiger partial charge is 0.393 e. The van der Waals surface area contributed by atoms with Crippen molar-refractivity contribution in [3.8, 4) is 5.69 Å². The summed E-state index contributed by atoms with van der Waals surface area (Å²) < 4.78 is 1.76. The van der Waals surface area contributed by atoms with Gasteiger partial charge >= 0.3 is 0 Å². The molecule has 5 nitrogen and oxygen atoms in total. The summed E-state index contributed by atoms with van der Waals surface area (Å²) in [5.41, 5.74) is 2.33. The van der Waals surface area contributed by atoms with E-state index >= 15 is 0 Å². The molecule has 1 aliphatic carbocycles. The van der Waals surface area contributed by atoms with Crippen LogP contribution in [0.4, 0.5) is 0 Å². The lowest BCUT2D eigenvalue weighted by Crippen LogP contribution is -2.32. The van der Waals surface area contributed by atoms with Gasteiger partial charge in [0.2, 0.25) is 0 Å². The number of benzene rings is 1. The molecular formula is C17H21N3O2. The number of aliphatic hydroxyl groups excluding tert-OH is 1. The van der Waals surface area contributed by atoms with Crippen molar-refractivity contribution < 1.29 is 9.90 Å². The van der Waals surface area contributed by atoms with Crippen molar-refractivity contribution in [3.63, 3.8) is 0 Å². The van der Waals surface area contributed by atoms with E-state index in [1.54, 1.807) is 10.9 Å². The molecule has 2 N–H and O–H groups in total. The highest BCUT2D eigenvalue weighted by Crippen LogP contribution is 2.24. The number of amides is 1. The first kappa shape index (κ1) is 14.8. The molecule has 0 spiro atoms. The second kappa shape index (κ2) is 6.32. The number of aromatic nitrogens is 2. The molecule has 1 amide bonds. The maximum absolute atomic E-state index is 12.3. The summed E-state index contributed by atoms with van der Waals surface area (Å²) >= 11 is 0. The Bertz CT molecular complexity index is 651. The van der Waals surface area contributed by atoms with Crippen LogP contribution in [0, 0.1) is 12.8 Å². The number of hydrogen-bond donors (Lipinski definition) is 2. The molecule has 0 saturated heterocycles. The van der Waals surface area contributed by atoms with Crippen molar-refractivity contribution in [2.75, 3.05) is 6.54 Å². The normalized spacial score (nSPS) is 21.0.